The maximum absolute atomic E-state index is 13.4. The number of halogens is 15. The van der Waals surface area contributed by atoms with Crippen LogP contribution in [0.1, 0.15) is 0 Å². The molecule has 0 amide bonds. The van der Waals surface area contributed by atoms with E-state index in [0.29, 0.717) is 0 Å². The summed E-state index contributed by atoms with van der Waals surface area (Å²) in [5.41, 5.74) is 0. The van der Waals surface area contributed by atoms with Crippen LogP contribution < -0.4 is 0 Å². The molecule has 0 fully saturated rings. The molecule has 0 aliphatic rings. The quantitative estimate of drug-likeness (QED) is 0.348. The number of hydrogen-bond acceptors (Lipinski definition) is 3. The molecule has 0 aromatic rings. The average molecular weight is 415 g/mol. The first-order valence-corrected chi connectivity index (χ1v) is 4.90. The van der Waals surface area contributed by atoms with Crippen LogP contribution in [0.2, 0.25) is 0 Å². The third-order valence-electron chi connectivity index (χ3n) is 2.47. The molecule has 0 radical (unpaired) electrons. The standard InChI is InChI=1S/C7F15NO2/c8-1(9,3(12,13)6(17,18)19)5(16,25-23-24)2(10,11)4(14,15)7(20,21)22. The number of nitrogens with zero attached hydrogens (tertiary/aromatic N) is 1. The van der Waals surface area contributed by atoms with Crippen LogP contribution in [0.15, 0.2) is 5.34 Å². The summed E-state index contributed by atoms with van der Waals surface area (Å²) in [5.74, 6) is -40.2. The summed E-state index contributed by atoms with van der Waals surface area (Å²) < 4.78 is 186. The molecular formula is C7F15NO2. The second kappa shape index (κ2) is 5.68. The summed E-state index contributed by atoms with van der Waals surface area (Å²) in [6.07, 6.45) is -15.3. The Morgan fingerprint density at radius 2 is 0.720 bits per heavy atom. The van der Waals surface area contributed by atoms with Gasteiger partial charge < -0.3 is 4.84 Å². The fourth-order valence-electron chi connectivity index (χ4n) is 1.12. The molecule has 0 aromatic heterocycles. The lowest BCUT2D eigenvalue weighted by Crippen LogP contribution is -2.74. The molecule has 150 valence electrons. The first-order chi connectivity index (χ1) is 10.6. The Morgan fingerprint density at radius 3 is 0.880 bits per heavy atom. The third-order valence-corrected chi connectivity index (χ3v) is 2.47. The van der Waals surface area contributed by atoms with Gasteiger partial charge in [-0.05, 0) is 0 Å². The van der Waals surface area contributed by atoms with Crippen LogP contribution in [0, 0.1) is 4.91 Å². The van der Waals surface area contributed by atoms with Gasteiger partial charge in [0.2, 0.25) is 0 Å². The first kappa shape index (κ1) is 23.4. The van der Waals surface area contributed by atoms with Gasteiger partial charge in [-0.15, -0.1) is 4.91 Å². The Morgan fingerprint density at radius 1 is 0.480 bits per heavy atom. The highest BCUT2D eigenvalue weighted by atomic mass is 19.4. The van der Waals surface area contributed by atoms with Crippen molar-refractivity contribution in [2.45, 2.75) is 41.9 Å². The van der Waals surface area contributed by atoms with Crippen molar-refractivity contribution in [2.24, 2.45) is 5.34 Å². The predicted molar refractivity (Wildman–Crippen MR) is 42.6 cm³/mol. The minimum Gasteiger partial charge on any atom is -0.309 e. The van der Waals surface area contributed by atoms with Gasteiger partial charge in [0.05, 0.1) is 0 Å². The smallest absolute Gasteiger partial charge is 0.309 e. The topological polar surface area (TPSA) is 38.7 Å². The van der Waals surface area contributed by atoms with Gasteiger partial charge in [-0.2, -0.15) is 65.9 Å². The van der Waals surface area contributed by atoms with E-state index in [1.807, 2.05) is 0 Å². The first-order valence-electron chi connectivity index (χ1n) is 4.90. The van der Waals surface area contributed by atoms with Crippen molar-refractivity contribution in [2.75, 3.05) is 0 Å². The number of alkyl halides is 15. The van der Waals surface area contributed by atoms with Gasteiger partial charge in [-0.1, -0.05) is 0 Å². The van der Waals surface area contributed by atoms with E-state index in [0.717, 1.165) is 0 Å². The van der Waals surface area contributed by atoms with Crippen LogP contribution in [0.25, 0.3) is 0 Å². The maximum Gasteiger partial charge on any atom is 0.460 e. The van der Waals surface area contributed by atoms with E-state index >= 15 is 0 Å². The van der Waals surface area contributed by atoms with Gasteiger partial charge in [0.15, 0.2) is 5.34 Å². The van der Waals surface area contributed by atoms with Crippen LogP contribution in [0.3, 0.4) is 0 Å². The molecule has 0 unspecified atom stereocenters. The van der Waals surface area contributed by atoms with Gasteiger partial charge in [0.25, 0.3) is 0 Å². The van der Waals surface area contributed by atoms with E-state index in [2.05, 4.69) is 0 Å². The third kappa shape index (κ3) is 2.91. The predicted octanol–water partition coefficient (Wildman–Crippen LogP) is 5.02. The number of rotatable bonds is 6. The van der Waals surface area contributed by atoms with Crippen molar-refractivity contribution in [1.82, 2.24) is 0 Å². The van der Waals surface area contributed by atoms with Gasteiger partial charge in [-0.3, -0.25) is 0 Å². The highest BCUT2D eigenvalue weighted by molar-refractivity contribution is 5.12. The SMILES string of the molecule is O=NOC(F)(C(F)(F)C(F)(F)C(F)(F)F)C(F)(F)C(F)(F)C(F)(F)F. The van der Waals surface area contributed by atoms with Crippen molar-refractivity contribution in [3.05, 3.63) is 4.91 Å². The van der Waals surface area contributed by atoms with Crippen molar-refractivity contribution < 1.29 is 70.7 Å². The summed E-state index contributed by atoms with van der Waals surface area (Å²) in [5, 5.41) is 0.245. The minimum absolute atomic E-state index is 0.245. The van der Waals surface area contributed by atoms with Crippen LogP contribution in [-0.2, 0) is 4.84 Å². The van der Waals surface area contributed by atoms with Crippen molar-refractivity contribution in [3.8, 4) is 0 Å². The molecule has 0 aliphatic carbocycles. The Labute approximate surface area is 124 Å². The Bertz CT molecular complexity index is 467. The molecule has 0 saturated heterocycles. The van der Waals surface area contributed by atoms with E-state index < -0.39 is 41.9 Å². The highest BCUT2D eigenvalue weighted by Gasteiger charge is 2.95. The Balaban J connectivity index is 6.76. The van der Waals surface area contributed by atoms with Crippen LogP contribution in [-0.4, -0.2) is 41.9 Å². The molecule has 0 spiro atoms. The van der Waals surface area contributed by atoms with Crippen LogP contribution >= 0.6 is 0 Å². The summed E-state index contributed by atoms with van der Waals surface area (Å²) in [6.45, 7) is 0. The van der Waals surface area contributed by atoms with Gasteiger partial charge in [-0.25, -0.2) is 0 Å². The summed E-state index contributed by atoms with van der Waals surface area (Å²) in [7, 11) is 0. The lowest BCUT2D eigenvalue weighted by Gasteiger charge is -2.41. The maximum atomic E-state index is 13.4. The van der Waals surface area contributed by atoms with Crippen molar-refractivity contribution in [3.63, 3.8) is 0 Å². The fourth-order valence-corrected chi connectivity index (χ4v) is 1.12. The molecule has 18 heteroatoms. The molecule has 0 rings (SSSR count). The summed E-state index contributed by atoms with van der Waals surface area (Å²) >= 11 is 0. The van der Waals surface area contributed by atoms with Gasteiger partial charge >= 0.3 is 41.9 Å². The van der Waals surface area contributed by atoms with Crippen molar-refractivity contribution >= 4 is 0 Å². The molecule has 25 heavy (non-hydrogen) atoms. The fraction of sp³-hybridized carbons (Fsp3) is 1.00. The van der Waals surface area contributed by atoms with Crippen molar-refractivity contribution in [1.29, 1.82) is 0 Å². The van der Waals surface area contributed by atoms with E-state index in [9.17, 15) is 70.8 Å². The molecule has 0 saturated carbocycles. The zero-order chi connectivity index (χ0) is 20.9. The van der Waals surface area contributed by atoms with E-state index in [-0.39, 0.29) is 5.34 Å². The van der Waals surface area contributed by atoms with E-state index in [4.69, 9.17) is 0 Å². The van der Waals surface area contributed by atoms with Crippen LogP contribution in [0.4, 0.5) is 65.9 Å². The van der Waals surface area contributed by atoms with E-state index in [1.54, 1.807) is 4.84 Å². The minimum atomic E-state index is -8.18. The second-order valence-corrected chi connectivity index (χ2v) is 4.05. The molecule has 0 N–H and O–H groups in total. The molecule has 0 atom stereocenters. The summed E-state index contributed by atoms with van der Waals surface area (Å²) in [6, 6.07) is 0. The lowest BCUT2D eigenvalue weighted by atomic mass is 9.92. The largest absolute Gasteiger partial charge is 0.460 e. The highest BCUT2D eigenvalue weighted by Crippen LogP contribution is 2.62. The molecule has 0 aliphatic heterocycles. The Hall–Kier alpha value is -1.65. The molecule has 0 heterocycles. The monoisotopic (exact) mass is 415 g/mol. The molecule has 3 nitrogen and oxygen atoms in total. The molecule has 0 aromatic carbocycles. The normalized spacial score (nSPS) is 16.0. The summed E-state index contributed by atoms with van der Waals surface area (Å²) in [4.78, 5) is 11.1. The number of hydrogen-bond donors (Lipinski definition) is 0. The average Bonchev–Trinajstić information content (AvgIpc) is 2.35. The Kier molecular flexibility index (Phi) is 5.31. The van der Waals surface area contributed by atoms with Crippen LogP contribution in [0.5, 0.6) is 0 Å². The second-order valence-electron chi connectivity index (χ2n) is 4.05. The zero-order valence-electron chi connectivity index (χ0n) is 10.4. The molecule has 0 bridgehead atoms. The van der Waals surface area contributed by atoms with E-state index in [1.165, 1.54) is 0 Å². The zero-order valence-corrected chi connectivity index (χ0v) is 10.4. The molecular weight excluding hydrogens is 415 g/mol. The van der Waals surface area contributed by atoms with Gasteiger partial charge in [0.1, 0.15) is 0 Å². The van der Waals surface area contributed by atoms with Gasteiger partial charge in [0, 0.05) is 0 Å². The lowest BCUT2D eigenvalue weighted by molar-refractivity contribution is -0.484.